The van der Waals surface area contributed by atoms with Gasteiger partial charge in [-0.1, -0.05) is 13.3 Å². The van der Waals surface area contributed by atoms with Gasteiger partial charge in [-0.3, -0.25) is 4.79 Å². The lowest BCUT2D eigenvalue weighted by atomic mass is 10.4. The van der Waals surface area contributed by atoms with Crippen molar-refractivity contribution in [3.63, 3.8) is 0 Å². The van der Waals surface area contributed by atoms with Gasteiger partial charge in [0.1, 0.15) is 5.38 Å². The van der Waals surface area contributed by atoms with E-state index < -0.39 is 10.6 Å². The lowest BCUT2D eigenvalue weighted by molar-refractivity contribution is -0.111. The SMILES string of the molecule is CC(Cl)C(=O)Cl.CCCCCl. The van der Waals surface area contributed by atoms with Gasteiger partial charge in [-0.2, -0.15) is 0 Å². The Hall–Kier alpha value is 0.540. The van der Waals surface area contributed by atoms with Crippen LogP contribution in [0, 0.1) is 0 Å². The highest BCUT2D eigenvalue weighted by Crippen LogP contribution is 1.96. The fourth-order valence-corrected chi connectivity index (χ4v) is 0.401. The van der Waals surface area contributed by atoms with Crippen LogP contribution in [0.3, 0.4) is 0 Å². The molecule has 11 heavy (non-hydrogen) atoms. The van der Waals surface area contributed by atoms with Gasteiger partial charge in [-0.05, 0) is 24.9 Å². The van der Waals surface area contributed by atoms with Gasteiger partial charge in [0.2, 0.25) is 5.24 Å². The first-order valence-corrected chi connectivity index (χ1v) is 4.80. The molecule has 0 aromatic carbocycles. The Morgan fingerprint density at radius 1 is 1.55 bits per heavy atom. The molecule has 0 saturated carbocycles. The molecule has 0 bridgehead atoms. The number of halogens is 3. The molecule has 0 rings (SSSR count). The predicted octanol–water partition coefficient (Wildman–Crippen LogP) is 3.40. The van der Waals surface area contributed by atoms with Crippen LogP contribution in [0.5, 0.6) is 0 Å². The molecular weight excluding hydrogens is 206 g/mol. The first-order chi connectivity index (χ1) is 5.06. The molecule has 0 spiro atoms. The Bertz CT molecular complexity index is 91.7. The third-order valence-corrected chi connectivity index (χ3v) is 1.70. The highest BCUT2D eigenvalue weighted by atomic mass is 35.5. The van der Waals surface area contributed by atoms with Crippen molar-refractivity contribution >= 4 is 40.0 Å². The van der Waals surface area contributed by atoms with E-state index in [0.29, 0.717) is 0 Å². The summed E-state index contributed by atoms with van der Waals surface area (Å²) in [5.74, 6) is 0.816. The number of carbonyl (C=O) groups is 1. The summed E-state index contributed by atoms with van der Waals surface area (Å²) in [6.45, 7) is 3.65. The standard InChI is InChI=1S/C4H9Cl.C3H4Cl2O/c1-2-3-4-5;1-2(4)3(5)6/h2-4H2,1H3;2H,1H3. The first-order valence-electron chi connectivity index (χ1n) is 3.45. The molecule has 1 nitrogen and oxygen atoms in total. The van der Waals surface area contributed by atoms with E-state index in [2.05, 4.69) is 6.92 Å². The molecule has 0 aliphatic carbocycles. The minimum atomic E-state index is -0.549. The summed E-state index contributed by atoms with van der Waals surface area (Å²) in [4.78, 5) is 9.78. The van der Waals surface area contributed by atoms with Crippen molar-refractivity contribution in [1.29, 1.82) is 0 Å². The molecule has 68 valence electrons. The maximum absolute atomic E-state index is 9.78. The molecule has 0 fully saturated rings. The third-order valence-electron chi connectivity index (χ3n) is 0.800. The van der Waals surface area contributed by atoms with E-state index in [1.807, 2.05) is 0 Å². The zero-order valence-electron chi connectivity index (χ0n) is 6.74. The molecule has 0 N–H and O–H groups in total. The smallest absolute Gasteiger partial charge is 0.239 e. The fraction of sp³-hybridized carbons (Fsp3) is 0.857. The van der Waals surface area contributed by atoms with E-state index >= 15 is 0 Å². The zero-order valence-corrected chi connectivity index (χ0v) is 9.01. The quantitative estimate of drug-likeness (QED) is 0.525. The highest BCUT2D eigenvalue weighted by molar-refractivity contribution is 6.69. The van der Waals surface area contributed by atoms with Crippen molar-refractivity contribution in [1.82, 2.24) is 0 Å². The van der Waals surface area contributed by atoms with Crippen molar-refractivity contribution in [2.75, 3.05) is 5.88 Å². The molecule has 0 aliphatic rings. The summed E-state index contributed by atoms with van der Waals surface area (Å²) in [6.07, 6.45) is 2.37. The van der Waals surface area contributed by atoms with Gasteiger partial charge >= 0.3 is 0 Å². The molecule has 0 saturated heterocycles. The minimum Gasteiger partial charge on any atom is -0.280 e. The number of hydrogen-bond donors (Lipinski definition) is 0. The monoisotopic (exact) mass is 218 g/mol. The van der Waals surface area contributed by atoms with Crippen LogP contribution >= 0.6 is 34.8 Å². The van der Waals surface area contributed by atoms with E-state index in [0.717, 1.165) is 12.3 Å². The molecule has 1 atom stereocenters. The van der Waals surface area contributed by atoms with E-state index in [-0.39, 0.29) is 0 Å². The van der Waals surface area contributed by atoms with Gasteiger partial charge < -0.3 is 0 Å². The summed E-state index contributed by atoms with van der Waals surface area (Å²) < 4.78 is 0. The lowest BCUT2D eigenvalue weighted by Gasteiger charge is -1.85. The van der Waals surface area contributed by atoms with Crippen LogP contribution in [0.2, 0.25) is 0 Å². The van der Waals surface area contributed by atoms with Gasteiger partial charge in [0.25, 0.3) is 0 Å². The Balaban J connectivity index is 0. The first kappa shape index (κ1) is 14.1. The Morgan fingerprint density at radius 2 is 1.91 bits per heavy atom. The Morgan fingerprint density at radius 3 is 1.91 bits per heavy atom. The van der Waals surface area contributed by atoms with Gasteiger partial charge in [0.05, 0.1) is 0 Å². The second-order valence-corrected chi connectivity index (χ2v) is 3.37. The molecular formula is C7H13Cl3O. The van der Waals surface area contributed by atoms with Crippen molar-refractivity contribution in [2.24, 2.45) is 0 Å². The second kappa shape index (κ2) is 10.5. The van der Waals surface area contributed by atoms with Gasteiger partial charge in [-0.25, -0.2) is 0 Å². The zero-order chi connectivity index (χ0) is 9.28. The lowest BCUT2D eigenvalue weighted by Crippen LogP contribution is -1.99. The Kier molecular flexibility index (Phi) is 13.5. The molecule has 0 radical (unpaired) electrons. The van der Waals surface area contributed by atoms with Crippen LogP contribution in [0.1, 0.15) is 26.7 Å². The average Bonchev–Trinajstić information content (AvgIpc) is 1.90. The van der Waals surface area contributed by atoms with Crippen molar-refractivity contribution in [3.8, 4) is 0 Å². The molecule has 4 heteroatoms. The summed E-state index contributed by atoms with van der Waals surface area (Å²) in [6, 6.07) is 0. The molecule has 1 unspecified atom stereocenters. The van der Waals surface area contributed by atoms with Crippen molar-refractivity contribution in [3.05, 3.63) is 0 Å². The summed E-state index contributed by atoms with van der Waals surface area (Å²) in [5, 5.41) is -1.05. The number of carbonyl (C=O) groups excluding carboxylic acids is 1. The summed E-state index contributed by atoms with van der Waals surface area (Å²) in [5.41, 5.74) is 0. The van der Waals surface area contributed by atoms with Crippen LogP contribution < -0.4 is 0 Å². The van der Waals surface area contributed by atoms with Crippen LogP contribution in [-0.2, 0) is 4.79 Å². The van der Waals surface area contributed by atoms with Crippen LogP contribution in [0.25, 0.3) is 0 Å². The molecule has 0 aliphatic heterocycles. The second-order valence-electron chi connectivity index (χ2n) is 1.96. The predicted molar refractivity (Wildman–Crippen MR) is 51.8 cm³/mol. The Labute approximate surface area is 83.0 Å². The van der Waals surface area contributed by atoms with Crippen LogP contribution in [0.4, 0.5) is 0 Å². The number of hydrogen-bond acceptors (Lipinski definition) is 1. The number of alkyl halides is 2. The minimum absolute atomic E-state index is 0.503. The highest BCUT2D eigenvalue weighted by Gasteiger charge is 2.01. The largest absolute Gasteiger partial charge is 0.280 e. The van der Waals surface area contributed by atoms with E-state index in [1.165, 1.54) is 13.3 Å². The molecule has 0 aromatic rings. The van der Waals surface area contributed by atoms with E-state index in [1.54, 1.807) is 0 Å². The van der Waals surface area contributed by atoms with Gasteiger partial charge in [0, 0.05) is 5.88 Å². The summed E-state index contributed by atoms with van der Waals surface area (Å²) >= 11 is 15.3. The normalized spacial score (nSPS) is 11.4. The maximum atomic E-state index is 9.78. The van der Waals surface area contributed by atoms with Crippen LogP contribution in [0.15, 0.2) is 0 Å². The summed E-state index contributed by atoms with van der Waals surface area (Å²) in [7, 11) is 0. The molecule has 0 heterocycles. The topological polar surface area (TPSA) is 17.1 Å². The average molecular weight is 220 g/mol. The third kappa shape index (κ3) is 18.0. The number of unbranched alkanes of at least 4 members (excludes halogenated alkanes) is 1. The van der Waals surface area contributed by atoms with E-state index in [4.69, 9.17) is 34.8 Å². The fourth-order valence-electron chi connectivity index (χ4n) is 0.134. The number of rotatable bonds is 3. The molecule has 0 aromatic heterocycles. The van der Waals surface area contributed by atoms with E-state index in [9.17, 15) is 4.79 Å². The van der Waals surface area contributed by atoms with Gasteiger partial charge in [0.15, 0.2) is 0 Å². The van der Waals surface area contributed by atoms with Crippen LogP contribution in [-0.4, -0.2) is 16.5 Å². The molecule has 0 amide bonds. The van der Waals surface area contributed by atoms with Crippen molar-refractivity contribution in [2.45, 2.75) is 32.1 Å². The van der Waals surface area contributed by atoms with Crippen molar-refractivity contribution < 1.29 is 4.79 Å². The maximum Gasteiger partial charge on any atom is 0.239 e. The van der Waals surface area contributed by atoms with Gasteiger partial charge in [-0.15, -0.1) is 23.2 Å².